The number of ether oxygens (including phenoxy) is 1. The second-order valence-electron chi connectivity index (χ2n) is 5.44. The molecule has 138 valence electrons. The Morgan fingerprint density at radius 2 is 1.96 bits per heavy atom. The molecular weight excluding hydrogens is 370 g/mol. The lowest BCUT2D eigenvalue weighted by atomic mass is 10.2. The summed E-state index contributed by atoms with van der Waals surface area (Å²) in [7, 11) is 0. The molecule has 3 N–H and O–H groups in total. The molecule has 0 aliphatic heterocycles. The first-order chi connectivity index (χ1) is 13.0. The van der Waals surface area contributed by atoms with Crippen molar-refractivity contribution in [2.75, 3.05) is 11.9 Å². The third-order valence-corrected chi connectivity index (χ3v) is 4.28. The SMILES string of the molecule is NC(=O)c1ccsc1NC(=O)COC(=O)c1cn(Cc2ccccc2)nn1. The molecule has 0 aliphatic carbocycles. The van der Waals surface area contributed by atoms with Gasteiger partial charge in [-0.15, -0.1) is 16.4 Å². The van der Waals surface area contributed by atoms with Gasteiger partial charge in [0.15, 0.2) is 12.3 Å². The van der Waals surface area contributed by atoms with E-state index in [4.69, 9.17) is 10.5 Å². The number of primary amides is 1. The van der Waals surface area contributed by atoms with E-state index in [1.165, 1.54) is 16.9 Å². The minimum Gasteiger partial charge on any atom is -0.451 e. The number of carbonyl (C=O) groups is 3. The fourth-order valence-corrected chi connectivity index (χ4v) is 3.02. The quantitative estimate of drug-likeness (QED) is 0.590. The van der Waals surface area contributed by atoms with E-state index in [-0.39, 0.29) is 11.3 Å². The number of carbonyl (C=O) groups excluding carboxylic acids is 3. The van der Waals surface area contributed by atoms with Crippen LogP contribution in [0.3, 0.4) is 0 Å². The van der Waals surface area contributed by atoms with E-state index in [1.54, 1.807) is 5.38 Å². The predicted molar refractivity (Wildman–Crippen MR) is 97.3 cm³/mol. The van der Waals surface area contributed by atoms with Crippen molar-refractivity contribution in [3.63, 3.8) is 0 Å². The van der Waals surface area contributed by atoms with Gasteiger partial charge >= 0.3 is 5.97 Å². The van der Waals surface area contributed by atoms with Crippen molar-refractivity contribution < 1.29 is 19.1 Å². The van der Waals surface area contributed by atoms with Crippen molar-refractivity contribution in [1.29, 1.82) is 0 Å². The molecule has 3 rings (SSSR count). The van der Waals surface area contributed by atoms with Gasteiger partial charge < -0.3 is 15.8 Å². The van der Waals surface area contributed by atoms with Gasteiger partial charge in [0, 0.05) is 0 Å². The molecule has 27 heavy (non-hydrogen) atoms. The Morgan fingerprint density at radius 1 is 1.19 bits per heavy atom. The topological polar surface area (TPSA) is 129 Å². The first kappa shape index (κ1) is 18.3. The van der Waals surface area contributed by atoms with Crippen LogP contribution in [0.2, 0.25) is 0 Å². The smallest absolute Gasteiger partial charge is 0.361 e. The maximum Gasteiger partial charge on any atom is 0.361 e. The number of amides is 2. The van der Waals surface area contributed by atoms with Crippen LogP contribution in [0.5, 0.6) is 0 Å². The molecule has 2 heterocycles. The fraction of sp³-hybridized carbons (Fsp3) is 0.118. The van der Waals surface area contributed by atoms with E-state index < -0.39 is 24.4 Å². The highest BCUT2D eigenvalue weighted by atomic mass is 32.1. The van der Waals surface area contributed by atoms with Crippen molar-refractivity contribution in [2.24, 2.45) is 5.73 Å². The molecule has 0 unspecified atom stereocenters. The summed E-state index contributed by atoms with van der Waals surface area (Å²) in [5, 5.41) is 12.0. The number of nitrogens with one attached hydrogen (secondary N) is 1. The molecule has 0 fully saturated rings. The van der Waals surface area contributed by atoms with Gasteiger partial charge in [0.05, 0.1) is 18.3 Å². The zero-order valence-electron chi connectivity index (χ0n) is 14.0. The van der Waals surface area contributed by atoms with Gasteiger partial charge in [0.25, 0.3) is 11.8 Å². The summed E-state index contributed by atoms with van der Waals surface area (Å²) in [5.41, 5.74) is 6.40. The van der Waals surface area contributed by atoms with Crippen LogP contribution < -0.4 is 11.1 Å². The molecule has 1 aromatic carbocycles. The van der Waals surface area contributed by atoms with Gasteiger partial charge in [-0.2, -0.15) is 0 Å². The van der Waals surface area contributed by atoms with Crippen LogP contribution in [0.1, 0.15) is 26.4 Å². The third-order valence-electron chi connectivity index (χ3n) is 3.45. The third kappa shape index (κ3) is 4.76. The number of hydrogen-bond acceptors (Lipinski definition) is 7. The van der Waals surface area contributed by atoms with Gasteiger partial charge in [-0.25, -0.2) is 9.48 Å². The zero-order chi connectivity index (χ0) is 19.2. The maximum atomic E-state index is 12.0. The highest BCUT2D eigenvalue weighted by Crippen LogP contribution is 2.22. The average Bonchev–Trinajstić information content (AvgIpc) is 3.30. The Bertz CT molecular complexity index is 967. The standard InChI is InChI=1S/C17H15N5O4S/c18-15(24)12-6-7-27-16(12)19-14(23)10-26-17(25)13-9-22(21-20-13)8-11-4-2-1-3-5-11/h1-7,9H,8,10H2,(H2,18,24)(H,19,23). The molecule has 0 atom stereocenters. The number of aromatic nitrogens is 3. The Hall–Kier alpha value is -3.53. The zero-order valence-corrected chi connectivity index (χ0v) is 14.8. The number of hydrogen-bond donors (Lipinski definition) is 2. The molecule has 0 bridgehead atoms. The highest BCUT2D eigenvalue weighted by Gasteiger charge is 2.16. The van der Waals surface area contributed by atoms with Crippen molar-refractivity contribution >= 4 is 34.1 Å². The number of rotatable bonds is 7. The molecule has 0 radical (unpaired) electrons. The first-order valence-corrected chi connectivity index (χ1v) is 8.69. The number of benzene rings is 1. The van der Waals surface area contributed by atoms with Gasteiger partial charge in [0.1, 0.15) is 5.00 Å². The minimum atomic E-state index is -0.772. The Balaban J connectivity index is 1.52. The van der Waals surface area contributed by atoms with Crippen molar-refractivity contribution in [3.8, 4) is 0 Å². The van der Waals surface area contributed by atoms with Gasteiger partial charge in [-0.05, 0) is 17.0 Å². The van der Waals surface area contributed by atoms with Crippen LogP contribution in [-0.4, -0.2) is 39.4 Å². The summed E-state index contributed by atoms with van der Waals surface area (Å²) in [5.74, 6) is -2.02. The molecule has 0 aliphatic rings. The molecule has 0 spiro atoms. The lowest BCUT2D eigenvalue weighted by Gasteiger charge is -2.05. The molecule has 9 nitrogen and oxygen atoms in total. The number of anilines is 1. The Morgan fingerprint density at radius 3 is 2.70 bits per heavy atom. The Labute approximate surface area is 157 Å². The lowest BCUT2D eigenvalue weighted by Crippen LogP contribution is -2.22. The van der Waals surface area contributed by atoms with Gasteiger partial charge in [0.2, 0.25) is 0 Å². The summed E-state index contributed by atoms with van der Waals surface area (Å²) in [4.78, 5) is 35.1. The maximum absolute atomic E-state index is 12.0. The summed E-state index contributed by atoms with van der Waals surface area (Å²) in [6.07, 6.45) is 1.44. The normalized spacial score (nSPS) is 10.4. The van der Waals surface area contributed by atoms with Crippen LogP contribution >= 0.6 is 11.3 Å². The van der Waals surface area contributed by atoms with E-state index >= 15 is 0 Å². The predicted octanol–water partition coefficient (Wildman–Crippen LogP) is 1.28. The second-order valence-corrected chi connectivity index (χ2v) is 6.36. The van der Waals surface area contributed by atoms with Gasteiger partial charge in [-0.1, -0.05) is 35.5 Å². The molecule has 2 aromatic heterocycles. The van der Waals surface area contributed by atoms with Gasteiger partial charge in [-0.3, -0.25) is 9.59 Å². The highest BCUT2D eigenvalue weighted by molar-refractivity contribution is 7.14. The van der Waals surface area contributed by atoms with Crippen LogP contribution in [0.25, 0.3) is 0 Å². The fourth-order valence-electron chi connectivity index (χ4n) is 2.21. The first-order valence-electron chi connectivity index (χ1n) is 7.81. The van der Waals surface area contributed by atoms with Crippen LogP contribution in [-0.2, 0) is 16.1 Å². The van der Waals surface area contributed by atoms with Crippen molar-refractivity contribution in [2.45, 2.75) is 6.54 Å². The molecule has 3 aromatic rings. The summed E-state index contributed by atoms with van der Waals surface area (Å²) in [6, 6.07) is 11.1. The van der Waals surface area contributed by atoms with E-state index in [0.717, 1.165) is 16.9 Å². The molecule has 2 amide bonds. The molecule has 10 heteroatoms. The van der Waals surface area contributed by atoms with Crippen LogP contribution in [0.15, 0.2) is 48.0 Å². The average molecular weight is 385 g/mol. The van der Waals surface area contributed by atoms with Crippen LogP contribution in [0, 0.1) is 0 Å². The number of esters is 1. The van der Waals surface area contributed by atoms with Crippen molar-refractivity contribution in [1.82, 2.24) is 15.0 Å². The van der Waals surface area contributed by atoms with E-state index in [1.807, 2.05) is 30.3 Å². The minimum absolute atomic E-state index is 0.00678. The number of nitrogens with zero attached hydrogens (tertiary/aromatic N) is 3. The number of thiophene rings is 1. The Kier molecular flexibility index (Phi) is 5.57. The molecular formula is C17H15N5O4S. The van der Waals surface area contributed by atoms with Crippen LogP contribution in [0.4, 0.5) is 5.00 Å². The summed E-state index contributed by atoms with van der Waals surface area (Å²) >= 11 is 1.14. The largest absolute Gasteiger partial charge is 0.451 e. The molecule has 0 saturated carbocycles. The summed E-state index contributed by atoms with van der Waals surface area (Å²) in [6.45, 7) is -0.0731. The monoisotopic (exact) mass is 385 g/mol. The lowest BCUT2D eigenvalue weighted by molar-refractivity contribution is -0.119. The van der Waals surface area contributed by atoms with E-state index in [9.17, 15) is 14.4 Å². The van der Waals surface area contributed by atoms with E-state index in [0.29, 0.717) is 11.5 Å². The number of nitrogens with two attached hydrogens (primary N) is 1. The van der Waals surface area contributed by atoms with E-state index in [2.05, 4.69) is 15.6 Å². The summed E-state index contributed by atoms with van der Waals surface area (Å²) < 4.78 is 6.42. The second kappa shape index (κ2) is 8.23. The van der Waals surface area contributed by atoms with Crippen molar-refractivity contribution in [3.05, 3.63) is 64.8 Å². The molecule has 0 saturated heterocycles.